The molecule has 0 bridgehead atoms. The molecule has 0 amide bonds. The summed E-state index contributed by atoms with van der Waals surface area (Å²) in [6.07, 6.45) is 2.23. The maximum Gasteiger partial charge on any atom is 0.119 e. The minimum atomic E-state index is 0.441. The van der Waals surface area contributed by atoms with E-state index in [1.807, 2.05) is 12.1 Å². The minimum absolute atomic E-state index is 0.441. The lowest BCUT2D eigenvalue weighted by Gasteiger charge is -2.10. The van der Waals surface area contributed by atoms with Gasteiger partial charge in [-0.25, -0.2) is 0 Å². The van der Waals surface area contributed by atoms with Gasteiger partial charge in [0.2, 0.25) is 0 Å². The number of hydrogen-bond donors (Lipinski definition) is 0. The number of fused-ring (bicyclic) bond motifs is 1. The molecule has 2 nitrogen and oxygen atoms in total. The molecule has 3 rings (SSSR count). The first kappa shape index (κ1) is 14.7. The maximum absolute atomic E-state index is 5.97. The summed E-state index contributed by atoms with van der Waals surface area (Å²) < 4.78 is 8.32. The molecule has 0 aliphatic carbocycles. The first-order valence-electron chi connectivity index (χ1n) is 7.85. The fourth-order valence-corrected chi connectivity index (χ4v) is 2.88. The summed E-state index contributed by atoms with van der Waals surface area (Å²) in [5.41, 5.74) is 5.13. The summed E-state index contributed by atoms with van der Waals surface area (Å²) in [6, 6.07) is 15.1. The van der Waals surface area contributed by atoms with Gasteiger partial charge in [-0.2, -0.15) is 0 Å². The third-order valence-electron chi connectivity index (χ3n) is 4.11. The SMILES string of the molecule is Cc1ccc(OCc2cn(C(C)C)c3c(C)cccc23)cc1. The highest BCUT2D eigenvalue weighted by molar-refractivity contribution is 5.86. The number of aryl methyl sites for hydroxylation is 2. The highest BCUT2D eigenvalue weighted by Crippen LogP contribution is 2.28. The first-order chi connectivity index (χ1) is 10.6. The highest BCUT2D eigenvalue weighted by Gasteiger charge is 2.12. The van der Waals surface area contributed by atoms with Crippen molar-refractivity contribution >= 4 is 10.9 Å². The van der Waals surface area contributed by atoms with Crippen LogP contribution < -0.4 is 4.74 Å². The van der Waals surface area contributed by atoms with Crippen LogP contribution in [-0.4, -0.2) is 4.57 Å². The molecule has 0 saturated carbocycles. The van der Waals surface area contributed by atoms with E-state index in [1.54, 1.807) is 0 Å². The van der Waals surface area contributed by atoms with Crippen molar-refractivity contribution in [1.29, 1.82) is 0 Å². The largest absolute Gasteiger partial charge is 0.489 e. The summed E-state index contributed by atoms with van der Waals surface area (Å²) in [4.78, 5) is 0. The molecule has 0 spiro atoms. The van der Waals surface area contributed by atoms with E-state index in [4.69, 9.17) is 4.74 Å². The van der Waals surface area contributed by atoms with Gasteiger partial charge in [-0.05, 0) is 45.4 Å². The highest BCUT2D eigenvalue weighted by atomic mass is 16.5. The van der Waals surface area contributed by atoms with Crippen LogP contribution in [0.25, 0.3) is 10.9 Å². The van der Waals surface area contributed by atoms with Crippen molar-refractivity contribution in [2.75, 3.05) is 0 Å². The van der Waals surface area contributed by atoms with Gasteiger partial charge in [-0.1, -0.05) is 35.9 Å². The third-order valence-corrected chi connectivity index (χ3v) is 4.11. The van der Waals surface area contributed by atoms with Crippen molar-refractivity contribution in [2.24, 2.45) is 0 Å². The Morgan fingerprint density at radius 1 is 1.00 bits per heavy atom. The van der Waals surface area contributed by atoms with Crippen LogP contribution in [-0.2, 0) is 6.61 Å². The smallest absolute Gasteiger partial charge is 0.119 e. The molecular formula is C20H23NO. The van der Waals surface area contributed by atoms with E-state index in [0.29, 0.717) is 12.6 Å². The summed E-state index contributed by atoms with van der Waals surface area (Å²) in [5.74, 6) is 0.920. The van der Waals surface area contributed by atoms with Gasteiger partial charge in [0.25, 0.3) is 0 Å². The minimum Gasteiger partial charge on any atom is -0.489 e. The van der Waals surface area contributed by atoms with Crippen molar-refractivity contribution in [3.05, 3.63) is 65.4 Å². The topological polar surface area (TPSA) is 14.2 Å². The van der Waals surface area contributed by atoms with Gasteiger partial charge in [-0.3, -0.25) is 0 Å². The predicted octanol–water partition coefficient (Wildman–Crippen LogP) is 5.42. The molecule has 0 aliphatic rings. The number of hydrogen-bond acceptors (Lipinski definition) is 1. The molecule has 0 N–H and O–H groups in total. The van der Waals surface area contributed by atoms with E-state index in [2.05, 4.69) is 68.8 Å². The number of aromatic nitrogens is 1. The lowest BCUT2D eigenvalue weighted by Crippen LogP contribution is -1.99. The quantitative estimate of drug-likeness (QED) is 0.626. The Balaban J connectivity index is 1.94. The molecule has 0 fully saturated rings. The van der Waals surface area contributed by atoms with Crippen LogP contribution in [0.1, 0.15) is 36.6 Å². The van der Waals surface area contributed by atoms with Crippen molar-refractivity contribution in [3.8, 4) is 5.75 Å². The van der Waals surface area contributed by atoms with E-state index < -0.39 is 0 Å². The molecular weight excluding hydrogens is 270 g/mol. The Morgan fingerprint density at radius 3 is 2.41 bits per heavy atom. The standard InChI is InChI=1S/C20H23NO/c1-14(2)21-12-17(19-7-5-6-16(4)20(19)21)13-22-18-10-8-15(3)9-11-18/h5-12,14H,13H2,1-4H3. The Morgan fingerprint density at radius 2 is 1.73 bits per heavy atom. The fraction of sp³-hybridized carbons (Fsp3) is 0.300. The average Bonchev–Trinajstić information content (AvgIpc) is 2.87. The summed E-state index contributed by atoms with van der Waals surface area (Å²) in [6.45, 7) is 9.30. The molecule has 0 aliphatic heterocycles. The number of nitrogens with zero attached hydrogens (tertiary/aromatic N) is 1. The van der Waals surface area contributed by atoms with Crippen molar-refractivity contribution in [1.82, 2.24) is 4.57 Å². The number of para-hydroxylation sites is 1. The normalized spacial score (nSPS) is 11.3. The number of rotatable bonds is 4. The zero-order valence-corrected chi connectivity index (χ0v) is 13.8. The van der Waals surface area contributed by atoms with Crippen molar-refractivity contribution < 1.29 is 4.74 Å². The molecule has 2 heteroatoms. The molecule has 1 aromatic heterocycles. The molecule has 2 aromatic carbocycles. The van der Waals surface area contributed by atoms with E-state index >= 15 is 0 Å². The molecule has 3 aromatic rings. The van der Waals surface area contributed by atoms with Crippen molar-refractivity contribution in [2.45, 2.75) is 40.3 Å². The Labute approximate surface area is 132 Å². The van der Waals surface area contributed by atoms with Crippen molar-refractivity contribution in [3.63, 3.8) is 0 Å². The maximum atomic E-state index is 5.97. The van der Waals surface area contributed by atoms with Crippen LogP contribution in [0.3, 0.4) is 0 Å². The number of ether oxygens (including phenoxy) is 1. The second-order valence-corrected chi connectivity index (χ2v) is 6.23. The van der Waals surface area contributed by atoms with Crippen LogP contribution in [0.2, 0.25) is 0 Å². The zero-order valence-electron chi connectivity index (χ0n) is 13.8. The lowest BCUT2D eigenvalue weighted by molar-refractivity contribution is 0.307. The lowest BCUT2D eigenvalue weighted by atomic mass is 10.1. The molecule has 0 atom stereocenters. The van der Waals surface area contributed by atoms with Gasteiger partial charge in [0.1, 0.15) is 12.4 Å². The van der Waals surface area contributed by atoms with E-state index in [9.17, 15) is 0 Å². The van der Waals surface area contributed by atoms with Crippen LogP contribution in [0.5, 0.6) is 5.75 Å². The summed E-state index contributed by atoms with van der Waals surface area (Å²) >= 11 is 0. The molecule has 22 heavy (non-hydrogen) atoms. The first-order valence-corrected chi connectivity index (χ1v) is 7.85. The molecule has 0 unspecified atom stereocenters. The van der Waals surface area contributed by atoms with Crippen LogP contribution in [0, 0.1) is 13.8 Å². The average molecular weight is 293 g/mol. The van der Waals surface area contributed by atoms with Gasteiger partial charge < -0.3 is 9.30 Å². The summed E-state index contributed by atoms with van der Waals surface area (Å²) in [5, 5.41) is 1.29. The Bertz CT molecular complexity index is 781. The fourth-order valence-electron chi connectivity index (χ4n) is 2.88. The Hall–Kier alpha value is -2.22. The van der Waals surface area contributed by atoms with E-state index in [-0.39, 0.29) is 0 Å². The molecule has 0 radical (unpaired) electrons. The van der Waals surface area contributed by atoms with Crippen LogP contribution >= 0.6 is 0 Å². The zero-order chi connectivity index (χ0) is 15.7. The monoisotopic (exact) mass is 293 g/mol. The molecule has 114 valence electrons. The number of benzene rings is 2. The second kappa shape index (κ2) is 5.88. The Kier molecular flexibility index (Phi) is 3.93. The van der Waals surface area contributed by atoms with Crippen LogP contribution in [0.4, 0.5) is 0 Å². The third kappa shape index (κ3) is 2.74. The van der Waals surface area contributed by atoms with E-state index in [0.717, 1.165) is 5.75 Å². The van der Waals surface area contributed by atoms with Gasteiger partial charge in [0.15, 0.2) is 0 Å². The van der Waals surface area contributed by atoms with Gasteiger partial charge in [0.05, 0.1) is 5.52 Å². The molecule has 1 heterocycles. The van der Waals surface area contributed by atoms with Gasteiger partial charge in [0, 0.05) is 23.2 Å². The van der Waals surface area contributed by atoms with E-state index in [1.165, 1.54) is 27.6 Å². The van der Waals surface area contributed by atoms with Gasteiger partial charge >= 0.3 is 0 Å². The summed E-state index contributed by atoms with van der Waals surface area (Å²) in [7, 11) is 0. The van der Waals surface area contributed by atoms with Gasteiger partial charge in [-0.15, -0.1) is 0 Å². The molecule has 0 saturated heterocycles. The van der Waals surface area contributed by atoms with Crippen LogP contribution in [0.15, 0.2) is 48.7 Å². The predicted molar refractivity (Wildman–Crippen MR) is 92.6 cm³/mol. The second-order valence-electron chi connectivity index (χ2n) is 6.23.